The van der Waals surface area contributed by atoms with Gasteiger partial charge in [0.15, 0.2) is 0 Å². The zero-order valence-electron chi connectivity index (χ0n) is 7.83. The Morgan fingerprint density at radius 2 is 2.07 bits per heavy atom. The predicted molar refractivity (Wildman–Crippen MR) is 56.6 cm³/mol. The summed E-state index contributed by atoms with van der Waals surface area (Å²) in [5, 5.41) is 11.7. The molecular formula is C10H12ClNO2. The van der Waals surface area contributed by atoms with E-state index in [4.69, 9.17) is 16.7 Å². The topological polar surface area (TPSA) is 49.3 Å². The molecule has 0 heterocycles. The van der Waals surface area contributed by atoms with Crippen molar-refractivity contribution in [2.75, 3.05) is 5.32 Å². The first-order chi connectivity index (χ1) is 6.58. The van der Waals surface area contributed by atoms with Crippen LogP contribution in [0.25, 0.3) is 0 Å². The molecule has 0 aliphatic rings. The van der Waals surface area contributed by atoms with Gasteiger partial charge in [-0.3, -0.25) is 0 Å². The van der Waals surface area contributed by atoms with Crippen molar-refractivity contribution in [2.24, 2.45) is 0 Å². The third-order valence-electron chi connectivity index (χ3n) is 1.94. The van der Waals surface area contributed by atoms with Crippen molar-refractivity contribution in [2.45, 2.75) is 18.3 Å². The molecule has 0 aliphatic heterocycles. The van der Waals surface area contributed by atoms with E-state index in [0.29, 0.717) is 12.1 Å². The Hall–Kier alpha value is -1.22. The van der Waals surface area contributed by atoms with Crippen LogP contribution >= 0.6 is 11.6 Å². The van der Waals surface area contributed by atoms with Crippen molar-refractivity contribution in [3.8, 4) is 0 Å². The van der Waals surface area contributed by atoms with Crippen LogP contribution in [0.2, 0.25) is 0 Å². The van der Waals surface area contributed by atoms with Crippen molar-refractivity contribution < 1.29 is 9.90 Å². The molecule has 14 heavy (non-hydrogen) atoms. The molecule has 0 aromatic heterocycles. The molecule has 0 radical (unpaired) electrons. The van der Waals surface area contributed by atoms with E-state index in [1.54, 1.807) is 19.1 Å². The number of hydrogen-bond donors (Lipinski definition) is 2. The molecule has 1 aromatic rings. The van der Waals surface area contributed by atoms with Gasteiger partial charge >= 0.3 is 5.97 Å². The Bertz CT molecular complexity index is 315. The molecule has 0 saturated heterocycles. The van der Waals surface area contributed by atoms with Gasteiger partial charge in [-0.1, -0.05) is 36.7 Å². The number of aliphatic carboxylic acids is 1. The molecule has 0 spiro atoms. The number of para-hydroxylation sites is 1. The average Bonchev–Trinajstić information content (AvgIpc) is 2.19. The molecule has 2 N–H and O–H groups in total. The molecule has 0 amide bonds. The summed E-state index contributed by atoms with van der Waals surface area (Å²) in [6.45, 7) is 1.72. The van der Waals surface area contributed by atoms with Crippen LogP contribution in [0.4, 0.5) is 5.69 Å². The number of benzene rings is 1. The normalized spacial score (nSPS) is 14.4. The summed E-state index contributed by atoms with van der Waals surface area (Å²) < 4.78 is 0. The molecule has 0 fully saturated rings. The molecule has 1 rings (SSSR count). The average molecular weight is 214 g/mol. The maximum absolute atomic E-state index is 10.9. The van der Waals surface area contributed by atoms with Crippen molar-refractivity contribution >= 4 is 23.3 Å². The number of carboxylic acids is 1. The third kappa shape index (κ3) is 2.39. The standard InChI is InChI=1S/C10H12ClNO2/c1-2-10(11,9(13)14)12-8-6-4-3-5-7-8/h3-7,12H,2H2,1H3,(H,13,14)/t10-/m0/s1. The number of alkyl halides is 1. The van der Waals surface area contributed by atoms with E-state index in [2.05, 4.69) is 5.32 Å². The second-order valence-corrected chi connectivity index (χ2v) is 3.60. The summed E-state index contributed by atoms with van der Waals surface area (Å²) in [5.74, 6) is -1.06. The molecule has 4 heteroatoms. The lowest BCUT2D eigenvalue weighted by atomic mass is 10.2. The van der Waals surface area contributed by atoms with E-state index in [1.165, 1.54) is 0 Å². The van der Waals surface area contributed by atoms with E-state index in [0.717, 1.165) is 0 Å². The second kappa shape index (κ2) is 4.33. The fourth-order valence-electron chi connectivity index (χ4n) is 1.04. The highest BCUT2D eigenvalue weighted by atomic mass is 35.5. The van der Waals surface area contributed by atoms with Gasteiger partial charge in [-0.25, -0.2) is 4.79 Å². The van der Waals surface area contributed by atoms with Crippen LogP contribution in [-0.4, -0.2) is 16.1 Å². The molecule has 76 valence electrons. The van der Waals surface area contributed by atoms with E-state index in [9.17, 15) is 4.79 Å². The van der Waals surface area contributed by atoms with Crippen LogP contribution in [-0.2, 0) is 4.79 Å². The SMILES string of the molecule is CC[C@](Cl)(Nc1ccccc1)C(=O)O. The van der Waals surface area contributed by atoms with E-state index >= 15 is 0 Å². The molecule has 1 atom stereocenters. The van der Waals surface area contributed by atoms with Crippen LogP contribution in [0, 0.1) is 0 Å². The van der Waals surface area contributed by atoms with Crippen molar-refractivity contribution in [3.63, 3.8) is 0 Å². The lowest BCUT2D eigenvalue weighted by Crippen LogP contribution is -2.39. The Morgan fingerprint density at radius 3 is 2.50 bits per heavy atom. The number of carboxylic acid groups (broad SMARTS) is 1. The maximum Gasteiger partial charge on any atom is 0.345 e. The van der Waals surface area contributed by atoms with Gasteiger partial charge in [0.2, 0.25) is 5.00 Å². The van der Waals surface area contributed by atoms with Gasteiger partial charge in [-0.05, 0) is 18.6 Å². The van der Waals surface area contributed by atoms with Crippen molar-refractivity contribution in [1.82, 2.24) is 0 Å². The summed E-state index contributed by atoms with van der Waals surface area (Å²) in [4.78, 5) is 9.45. The molecule has 3 nitrogen and oxygen atoms in total. The van der Waals surface area contributed by atoms with Crippen molar-refractivity contribution in [1.29, 1.82) is 0 Å². The first kappa shape index (κ1) is 10.9. The fraction of sp³-hybridized carbons (Fsp3) is 0.300. The quantitative estimate of drug-likeness (QED) is 0.597. The van der Waals surface area contributed by atoms with Crippen LogP contribution in [0.1, 0.15) is 13.3 Å². The Labute approximate surface area is 87.7 Å². The fourth-order valence-corrected chi connectivity index (χ4v) is 1.15. The highest BCUT2D eigenvalue weighted by Gasteiger charge is 2.33. The summed E-state index contributed by atoms with van der Waals surface area (Å²) in [6.07, 6.45) is 0.304. The number of halogens is 1. The molecule has 0 bridgehead atoms. The number of carbonyl (C=O) groups is 1. The summed E-state index contributed by atoms with van der Waals surface area (Å²) >= 11 is 5.88. The first-order valence-corrected chi connectivity index (χ1v) is 4.72. The summed E-state index contributed by atoms with van der Waals surface area (Å²) in [5.41, 5.74) is 0.701. The van der Waals surface area contributed by atoms with E-state index in [1.807, 2.05) is 18.2 Å². The van der Waals surface area contributed by atoms with E-state index < -0.39 is 11.0 Å². The summed E-state index contributed by atoms with van der Waals surface area (Å²) in [7, 11) is 0. The molecule has 0 saturated carbocycles. The molecule has 0 unspecified atom stereocenters. The van der Waals surface area contributed by atoms with Crippen LogP contribution in [0.15, 0.2) is 30.3 Å². The van der Waals surface area contributed by atoms with Crippen LogP contribution in [0.5, 0.6) is 0 Å². The number of hydrogen-bond acceptors (Lipinski definition) is 2. The third-order valence-corrected chi connectivity index (χ3v) is 2.47. The smallest absolute Gasteiger partial charge is 0.345 e. The summed E-state index contributed by atoms with van der Waals surface area (Å²) in [6, 6.07) is 9.04. The lowest BCUT2D eigenvalue weighted by Gasteiger charge is -2.23. The predicted octanol–water partition coefficient (Wildman–Crippen LogP) is 2.53. The lowest BCUT2D eigenvalue weighted by molar-refractivity contribution is -0.139. The number of rotatable bonds is 4. The molecular weight excluding hydrogens is 202 g/mol. The molecule has 0 aliphatic carbocycles. The van der Waals surface area contributed by atoms with Gasteiger partial charge in [0, 0.05) is 5.69 Å². The van der Waals surface area contributed by atoms with Gasteiger partial charge in [0.25, 0.3) is 0 Å². The van der Waals surface area contributed by atoms with Gasteiger partial charge in [0.05, 0.1) is 0 Å². The second-order valence-electron chi connectivity index (χ2n) is 2.95. The highest BCUT2D eigenvalue weighted by molar-refractivity contribution is 6.34. The Balaban J connectivity index is 2.81. The minimum atomic E-state index is -1.42. The highest BCUT2D eigenvalue weighted by Crippen LogP contribution is 2.22. The van der Waals surface area contributed by atoms with Gasteiger partial charge < -0.3 is 10.4 Å². The largest absolute Gasteiger partial charge is 0.479 e. The van der Waals surface area contributed by atoms with Gasteiger partial charge in [-0.15, -0.1) is 0 Å². The zero-order valence-corrected chi connectivity index (χ0v) is 8.58. The van der Waals surface area contributed by atoms with E-state index in [-0.39, 0.29) is 0 Å². The maximum atomic E-state index is 10.9. The van der Waals surface area contributed by atoms with Crippen LogP contribution in [0.3, 0.4) is 0 Å². The minimum Gasteiger partial charge on any atom is -0.479 e. The Morgan fingerprint density at radius 1 is 1.50 bits per heavy atom. The Kier molecular flexibility index (Phi) is 3.36. The van der Waals surface area contributed by atoms with Crippen LogP contribution < -0.4 is 5.32 Å². The van der Waals surface area contributed by atoms with Crippen molar-refractivity contribution in [3.05, 3.63) is 30.3 Å². The monoisotopic (exact) mass is 213 g/mol. The first-order valence-electron chi connectivity index (χ1n) is 4.34. The minimum absolute atomic E-state index is 0.304. The number of nitrogens with one attached hydrogen (secondary N) is 1. The molecule has 1 aromatic carbocycles. The number of anilines is 1. The van der Waals surface area contributed by atoms with Gasteiger partial charge in [0.1, 0.15) is 0 Å². The van der Waals surface area contributed by atoms with Gasteiger partial charge in [-0.2, -0.15) is 0 Å². The zero-order chi connectivity index (χ0) is 10.6.